The van der Waals surface area contributed by atoms with E-state index in [-0.39, 0.29) is 22.8 Å². The van der Waals surface area contributed by atoms with Crippen LogP contribution >= 0.6 is 0 Å². The Morgan fingerprint density at radius 2 is 1.11 bits per heavy atom. The second kappa shape index (κ2) is 11.4. The Morgan fingerprint density at radius 1 is 0.571 bits per heavy atom. The summed E-state index contributed by atoms with van der Waals surface area (Å²) in [5.41, 5.74) is 1.55. The van der Waals surface area contributed by atoms with Crippen LogP contribution in [0.1, 0.15) is 42.3 Å². The van der Waals surface area contributed by atoms with Gasteiger partial charge in [-0.15, -0.1) is 0 Å². The summed E-state index contributed by atoms with van der Waals surface area (Å²) >= 11 is 0. The minimum absolute atomic E-state index is 0.119. The third-order valence-corrected chi connectivity index (χ3v) is 4.35. The van der Waals surface area contributed by atoms with Gasteiger partial charge in [-0.2, -0.15) is 0 Å². The van der Waals surface area contributed by atoms with E-state index in [1.807, 2.05) is 0 Å². The predicted octanol–water partition coefficient (Wildman–Crippen LogP) is 4.85. The molecule has 0 fully saturated rings. The SMILES string of the molecule is CC(=O)Oc1cc(/C=C/c2ccc(OC(=O)c3ccccc3OC(C)=O)cc2)cc(OC(C)=O)c1. The van der Waals surface area contributed by atoms with Gasteiger partial charge in [-0.05, 0) is 47.5 Å². The third kappa shape index (κ3) is 7.68. The Labute approximate surface area is 201 Å². The molecule has 3 rings (SSSR count). The topological polar surface area (TPSA) is 105 Å². The maximum atomic E-state index is 12.5. The van der Waals surface area contributed by atoms with E-state index < -0.39 is 23.9 Å². The van der Waals surface area contributed by atoms with Gasteiger partial charge in [-0.3, -0.25) is 14.4 Å². The van der Waals surface area contributed by atoms with Crippen LogP contribution in [0.3, 0.4) is 0 Å². The maximum Gasteiger partial charge on any atom is 0.347 e. The Balaban J connectivity index is 1.73. The summed E-state index contributed by atoms with van der Waals surface area (Å²) in [5, 5.41) is 0. The zero-order valence-corrected chi connectivity index (χ0v) is 19.3. The summed E-state index contributed by atoms with van der Waals surface area (Å²) in [5.74, 6) is -1.29. The van der Waals surface area contributed by atoms with Crippen LogP contribution in [0.5, 0.6) is 23.0 Å². The summed E-state index contributed by atoms with van der Waals surface area (Å²) in [6, 6.07) is 17.7. The number of rotatable bonds is 7. The van der Waals surface area contributed by atoms with E-state index in [2.05, 4.69) is 0 Å². The Kier molecular flexibility index (Phi) is 8.13. The summed E-state index contributed by atoms with van der Waals surface area (Å²) in [7, 11) is 0. The van der Waals surface area contributed by atoms with Crippen molar-refractivity contribution < 1.29 is 38.1 Å². The number of esters is 4. The van der Waals surface area contributed by atoms with Crippen molar-refractivity contribution in [3.8, 4) is 23.0 Å². The van der Waals surface area contributed by atoms with E-state index >= 15 is 0 Å². The second-order valence-corrected chi connectivity index (χ2v) is 7.31. The lowest BCUT2D eigenvalue weighted by Gasteiger charge is -2.09. The largest absolute Gasteiger partial charge is 0.427 e. The van der Waals surface area contributed by atoms with Gasteiger partial charge in [0.1, 0.15) is 28.6 Å². The quantitative estimate of drug-likeness (QED) is 0.272. The fraction of sp³-hybridized carbons (Fsp3) is 0.111. The highest BCUT2D eigenvalue weighted by Gasteiger charge is 2.15. The standard InChI is InChI=1S/C27H22O8/c1-17(28)32-23-14-21(15-24(16-23)33-18(2)29)9-8-20-10-12-22(13-11-20)35-27(31)25-6-4-5-7-26(25)34-19(3)30/h4-16H,1-3H3/b9-8+. The number of carbonyl (C=O) groups excluding carboxylic acids is 4. The molecule has 0 heterocycles. The maximum absolute atomic E-state index is 12.5. The summed E-state index contributed by atoms with van der Waals surface area (Å²) < 4.78 is 20.7. The molecule has 3 aromatic carbocycles. The second-order valence-electron chi connectivity index (χ2n) is 7.31. The Hall–Kier alpha value is -4.72. The first-order valence-corrected chi connectivity index (χ1v) is 10.5. The lowest BCUT2D eigenvalue weighted by atomic mass is 10.1. The number of hydrogen-bond donors (Lipinski definition) is 0. The molecule has 35 heavy (non-hydrogen) atoms. The van der Waals surface area contributed by atoms with Crippen molar-refractivity contribution >= 4 is 36.0 Å². The van der Waals surface area contributed by atoms with Gasteiger partial charge in [0, 0.05) is 26.8 Å². The normalized spacial score (nSPS) is 10.5. The molecule has 0 bridgehead atoms. The van der Waals surface area contributed by atoms with E-state index in [1.54, 1.807) is 60.7 Å². The van der Waals surface area contributed by atoms with Gasteiger partial charge in [-0.1, -0.05) is 36.4 Å². The average molecular weight is 474 g/mol. The molecular formula is C27H22O8. The van der Waals surface area contributed by atoms with Crippen LogP contribution in [0.2, 0.25) is 0 Å². The fourth-order valence-electron chi connectivity index (χ4n) is 3.02. The molecule has 0 aliphatic carbocycles. The van der Waals surface area contributed by atoms with Crippen LogP contribution in [0.25, 0.3) is 12.2 Å². The van der Waals surface area contributed by atoms with E-state index in [9.17, 15) is 19.2 Å². The molecule has 0 aromatic heterocycles. The van der Waals surface area contributed by atoms with E-state index in [0.717, 1.165) is 5.56 Å². The molecule has 8 nitrogen and oxygen atoms in total. The van der Waals surface area contributed by atoms with Gasteiger partial charge in [0.2, 0.25) is 0 Å². The van der Waals surface area contributed by atoms with Crippen molar-refractivity contribution in [2.45, 2.75) is 20.8 Å². The summed E-state index contributed by atoms with van der Waals surface area (Å²) in [6.45, 7) is 3.80. The molecular weight excluding hydrogens is 452 g/mol. The van der Waals surface area contributed by atoms with Crippen LogP contribution in [0.15, 0.2) is 66.7 Å². The van der Waals surface area contributed by atoms with Gasteiger partial charge in [-0.25, -0.2) is 4.79 Å². The summed E-state index contributed by atoms with van der Waals surface area (Å²) in [4.78, 5) is 46.4. The van der Waals surface area contributed by atoms with E-state index in [4.69, 9.17) is 18.9 Å². The first-order valence-electron chi connectivity index (χ1n) is 10.5. The van der Waals surface area contributed by atoms with Crippen molar-refractivity contribution in [2.75, 3.05) is 0 Å². The number of hydrogen-bond acceptors (Lipinski definition) is 8. The lowest BCUT2D eigenvalue weighted by molar-refractivity contribution is -0.133. The molecule has 0 N–H and O–H groups in total. The van der Waals surface area contributed by atoms with Gasteiger partial charge >= 0.3 is 23.9 Å². The van der Waals surface area contributed by atoms with Crippen molar-refractivity contribution in [1.82, 2.24) is 0 Å². The fourth-order valence-corrected chi connectivity index (χ4v) is 3.02. The lowest BCUT2D eigenvalue weighted by Crippen LogP contribution is -2.12. The smallest absolute Gasteiger partial charge is 0.347 e. The van der Waals surface area contributed by atoms with Crippen molar-refractivity contribution in [3.05, 3.63) is 83.4 Å². The van der Waals surface area contributed by atoms with Gasteiger partial charge in [0.15, 0.2) is 0 Å². The van der Waals surface area contributed by atoms with Gasteiger partial charge < -0.3 is 18.9 Å². The summed E-state index contributed by atoms with van der Waals surface area (Å²) in [6.07, 6.45) is 3.53. The van der Waals surface area contributed by atoms with Crippen LogP contribution < -0.4 is 18.9 Å². The number of para-hydroxylation sites is 1. The Morgan fingerprint density at radius 3 is 1.69 bits per heavy atom. The van der Waals surface area contributed by atoms with Crippen LogP contribution in [-0.4, -0.2) is 23.9 Å². The van der Waals surface area contributed by atoms with Crippen molar-refractivity contribution in [2.24, 2.45) is 0 Å². The highest BCUT2D eigenvalue weighted by atomic mass is 16.6. The number of ether oxygens (including phenoxy) is 4. The molecule has 0 unspecified atom stereocenters. The van der Waals surface area contributed by atoms with Gasteiger partial charge in [0.05, 0.1) is 0 Å². The first kappa shape index (κ1) is 24.9. The van der Waals surface area contributed by atoms with E-state index in [0.29, 0.717) is 11.3 Å². The highest BCUT2D eigenvalue weighted by Crippen LogP contribution is 2.26. The van der Waals surface area contributed by atoms with Crippen LogP contribution in [0.4, 0.5) is 0 Å². The zero-order chi connectivity index (χ0) is 25.4. The molecule has 0 atom stereocenters. The molecule has 0 saturated heterocycles. The molecule has 0 radical (unpaired) electrons. The molecule has 0 aliphatic heterocycles. The monoisotopic (exact) mass is 474 g/mol. The molecule has 178 valence electrons. The number of benzene rings is 3. The minimum atomic E-state index is -0.662. The minimum Gasteiger partial charge on any atom is -0.427 e. The molecule has 8 heteroatoms. The molecule has 0 aliphatic rings. The van der Waals surface area contributed by atoms with Crippen molar-refractivity contribution in [3.63, 3.8) is 0 Å². The molecule has 0 spiro atoms. The molecule has 0 saturated carbocycles. The average Bonchev–Trinajstić information content (AvgIpc) is 2.77. The Bertz CT molecular complexity index is 1250. The van der Waals surface area contributed by atoms with Crippen molar-refractivity contribution in [1.29, 1.82) is 0 Å². The van der Waals surface area contributed by atoms with Crippen LogP contribution in [0, 0.1) is 0 Å². The van der Waals surface area contributed by atoms with Gasteiger partial charge in [0.25, 0.3) is 0 Å². The number of carbonyl (C=O) groups is 4. The van der Waals surface area contributed by atoms with E-state index in [1.165, 1.54) is 39.0 Å². The van der Waals surface area contributed by atoms with Crippen LogP contribution in [-0.2, 0) is 14.4 Å². The third-order valence-electron chi connectivity index (χ3n) is 4.35. The predicted molar refractivity (Wildman–Crippen MR) is 127 cm³/mol. The molecule has 3 aromatic rings. The first-order chi connectivity index (χ1) is 16.7. The highest BCUT2D eigenvalue weighted by molar-refractivity contribution is 5.94. The zero-order valence-electron chi connectivity index (χ0n) is 19.3. The molecule has 0 amide bonds.